The van der Waals surface area contributed by atoms with Crippen LogP contribution in [0, 0.1) is 6.92 Å². The first-order valence-corrected chi connectivity index (χ1v) is 7.83. The number of aryl methyl sites for hydroxylation is 1. The van der Waals surface area contributed by atoms with Crippen LogP contribution in [-0.2, 0) is 9.53 Å². The molecule has 1 aliphatic rings. The van der Waals surface area contributed by atoms with Crippen molar-refractivity contribution in [3.05, 3.63) is 35.9 Å². The molecule has 0 spiro atoms. The lowest BCUT2D eigenvalue weighted by molar-refractivity contribution is -0.124. The van der Waals surface area contributed by atoms with Gasteiger partial charge in [-0.1, -0.05) is 6.07 Å². The van der Waals surface area contributed by atoms with E-state index in [1.165, 1.54) is 0 Å². The number of hydrogen-bond donors (Lipinski definition) is 2. The molecule has 0 saturated carbocycles. The number of aromatic nitrogens is 2. The van der Waals surface area contributed by atoms with Gasteiger partial charge in [-0.15, -0.1) is 10.2 Å². The van der Waals surface area contributed by atoms with Gasteiger partial charge in [0.1, 0.15) is 11.9 Å². The lowest BCUT2D eigenvalue weighted by Crippen LogP contribution is -2.27. The fourth-order valence-corrected chi connectivity index (χ4v) is 2.51. The van der Waals surface area contributed by atoms with E-state index in [0.29, 0.717) is 18.2 Å². The number of methoxy groups -OCH3 is 1. The molecule has 126 valence electrons. The van der Waals surface area contributed by atoms with Gasteiger partial charge in [0.15, 0.2) is 11.6 Å². The molecule has 1 fully saturated rings. The van der Waals surface area contributed by atoms with Crippen LogP contribution < -0.4 is 15.4 Å². The first-order chi connectivity index (χ1) is 11.7. The molecule has 1 saturated heterocycles. The summed E-state index contributed by atoms with van der Waals surface area (Å²) in [5.41, 5.74) is 1.91. The number of benzene rings is 1. The first kappa shape index (κ1) is 16.2. The van der Waals surface area contributed by atoms with Crippen LogP contribution in [0.4, 0.5) is 17.3 Å². The predicted molar refractivity (Wildman–Crippen MR) is 90.6 cm³/mol. The maximum Gasteiger partial charge on any atom is 0.254 e. The minimum Gasteiger partial charge on any atom is -0.495 e. The van der Waals surface area contributed by atoms with Crippen LogP contribution in [0.15, 0.2) is 30.3 Å². The van der Waals surface area contributed by atoms with E-state index in [4.69, 9.17) is 9.47 Å². The third-order valence-corrected chi connectivity index (χ3v) is 3.76. The van der Waals surface area contributed by atoms with E-state index in [-0.39, 0.29) is 12.0 Å². The zero-order valence-electron chi connectivity index (χ0n) is 13.7. The fourth-order valence-electron chi connectivity index (χ4n) is 2.51. The standard InChI is InChI=1S/C17H20N4O3/c1-11-5-6-13(23-2)12(10-11)18-15-7-8-16(21-20-15)19-17(22)14-4-3-9-24-14/h5-8,10,14H,3-4,9H2,1-2H3,(H,18,20)(H,19,21,22). The van der Waals surface area contributed by atoms with Crippen LogP contribution in [0.3, 0.4) is 0 Å². The number of hydrogen-bond acceptors (Lipinski definition) is 6. The second kappa shape index (κ2) is 7.27. The molecule has 3 rings (SSSR count). The number of rotatable bonds is 5. The van der Waals surface area contributed by atoms with Crippen molar-refractivity contribution in [2.75, 3.05) is 24.4 Å². The molecule has 24 heavy (non-hydrogen) atoms. The zero-order valence-corrected chi connectivity index (χ0v) is 13.7. The summed E-state index contributed by atoms with van der Waals surface area (Å²) in [6.45, 7) is 2.63. The third-order valence-electron chi connectivity index (χ3n) is 3.76. The number of nitrogens with zero attached hydrogens (tertiary/aromatic N) is 2. The summed E-state index contributed by atoms with van der Waals surface area (Å²) in [5, 5.41) is 14.0. The topological polar surface area (TPSA) is 85.4 Å². The molecule has 2 heterocycles. The van der Waals surface area contributed by atoms with Crippen LogP contribution in [-0.4, -0.2) is 35.9 Å². The van der Waals surface area contributed by atoms with Gasteiger partial charge in [-0.3, -0.25) is 4.79 Å². The molecule has 0 aliphatic carbocycles. The van der Waals surface area contributed by atoms with E-state index in [1.807, 2.05) is 25.1 Å². The normalized spacial score (nSPS) is 16.7. The summed E-state index contributed by atoms with van der Waals surface area (Å²) in [6.07, 6.45) is 1.26. The van der Waals surface area contributed by atoms with Gasteiger partial charge in [0.25, 0.3) is 5.91 Å². The predicted octanol–water partition coefficient (Wildman–Crippen LogP) is 2.65. The quantitative estimate of drug-likeness (QED) is 0.878. The number of amides is 1. The Kier molecular flexibility index (Phi) is 4.90. The van der Waals surface area contributed by atoms with Gasteiger partial charge < -0.3 is 20.1 Å². The molecule has 2 N–H and O–H groups in total. The summed E-state index contributed by atoms with van der Waals surface area (Å²) < 4.78 is 10.7. The Morgan fingerprint density at radius 2 is 2.04 bits per heavy atom. The van der Waals surface area contributed by atoms with Crippen LogP contribution in [0.2, 0.25) is 0 Å². The highest BCUT2D eigenvalue weighted by Gasteiger charge is 2.23. The smallest absolute Gasteiger partial charge is 0.254 e. The van der Waals surface area contributed by atoms with Crippen LogP contribution in [0.5, 0.6) is 5.75 Å². The lowest BCUT2D eigenvalue weighted by Gasteiger charge is -2.12. The Labute approximate surface area is 140 Å². The van der Waals surface area contributed by atoms with Crippen LogP contribution >= 0.6 is 0 Å². The van der Waals surface area contributed by atoms with Gasteiger partial charge in [0.2, 0.25) is 0 Å². The summed E-state index contributed by atoms with van der Waals surface area (Å²) in [4.78, 5) is 12.0. The molecular formula is C17H20N4O3. The third kappa shape index (κ3) is 3.80. The fraction of sp³-hybridized carbons (Fsp3) is 0.353. The number of carbonyl (C=O) groups excluding carboxylic acids is 1. The van der Waals surface area contributed by atoms with Crippen molar-refractivity contribution in [2.24, 2.45) is 0 Å². The summed E-state index contributed by atoms with van der Waals surface area (Å²) in [7, 11) is 1.62. The number of ether oxygens (including phenoxy) is 2. The molecule has 1 atom stereocenters. The zero-order chi connectivity index (χ0) is 16.9. The van der Waals surface area contributed by atoms with Crippen molar-refractivity contribution in [1.82, 2.24) is 10.2 Å². The molecule has 0 bridgehead atoms. The van der Waals surface area contributed by atoms with Gasteiger partial charge in [-0.25, -0.2) is 0 Å². The molecule has 7 heteroatoms. The Balaban J connectivity index is 1.66. The first-order valence-electron chi connectivity index (χ1n) is 7.83. The van der Waals surface area contributed by atoms with Gasteiger partial charge in [0.05, 0.1) is 12.8 Å². The maximum atomic E-state index is 12.0. The summed E-state index contributed by atoms with van der Waals surface area (Å²) >= 11 is 0. The Morgan fingerprint density at radius 1 is 1.25 bits per heavy atom. The van der Waals surface area contributed by atoms with Crippen molar-refractivity contribution in [2.45, 2.75) is 25.9 Å². The summed E-state index contributed by atoms with van der Waals surface area (Å²) in [6, 6.07) is 9.28. The number of anilines is 3. The monoisotopic (exact) mass is 328 g/mol. The van der Waals surface area contributed by atoms with Gasteiger partial charge in [-0.05, 0) is 49.6 Å². The highest BCUT2D eigenvalue weighted by Crippen LogP contribution is 2.27. The van der Waals surface area contributed by atoms with Gasteiger partial charge in [-0.2, -0.15) is 0 Å². The van der Waals surface area contributed by atoms with Crippen molar-refractivity contribution < 1.29 is 14.3 Å². The van der Waals surface area contributed by atoms with Crippen LogP contribution in [0.25, 0.3) is 0 Å². The molecule has 1 aromatic heterocycles. The minimum atomic E-state index is -0.388. The van der Waals surface area contributed by atoms with Crippen molar-refractivity contribution in [3.8, 4) is 5.75 Å². The average molecular weight is 328 g/mol. The molecule has 2 aromatic rings. The second-order valence-electron chi connectivity index (χ2n) is 5.62. The van der Waals surface area contributed by atoms with Crippen molar-refractivity contribution in [3.63, 3.8) is 0 Å². The largest absolute Gasteiger partial charge is 0.495 e. The average Bonchev–Trinajstić information content (AvgIpc) is 3.11. The molecular weight excluding hydrogens is 308 g/mol. The Morgan fingerprint density at radius 3 is 2.71 bits per heavy atom. The SMILES string of the molecule is COc1ccc(C)cc1Nc1ccc(NC(=O)C2CCCO2)nn1. The second-order valence-corrected chi connectivity index (χ2v) is 5.62. The van der Waals surface area contributed by atoms with E-state index < -0.39 is 0 Å². The molecule has 0 radical (unpaired) electrons. The van der Waals surface area contributed by atoms with Gasteiger partial charge in [0, 0.05) is 6.61 Å². The highest BCUT2D eigenvalue weighted by atomic mass is 16.5. The maximum absolute atomic E-state index is 12.0. The highest BCUT2D eigenvalue weighted by molar-refractivity contribution is 5.93. The lowest BCUT2D eigenvalue weighted by atomic mass is 10.2. The van der Waals surface area contributed by atoms with Crippen molar-refractivity contribution in [1.29, 1.82) is 0 Å². The summed E-state index contributed by atoms with van der Waals surface area (Å²) in [5.74, 6) is 1.51. The van der Waals surface area contributed by atoms with E-state index in [2.05, 4.69) is 20.8 Å². The number of carbonyl (C=O) groups is 1. The molecule has 1 unspecified atom stereocenters. The molecule has 1 aliphatic heterocycles. The molecule has 1 aromatic carbocycles. The van der Waals surface area contributed by atoms with Gasteiger partial charge >= 0.3 is 0 Å². The van der Waals surface area contributed by atoms with Crippen LogP contribution in [0.1, 0.15) is 18.4 Å². The molecule has 1 amide bonds. The molecule has 7 nitrogen and oxygen atoms in total. The van der Waals surface area contributed by atoms with E-state index >= 15 is 0 Å². The minimum absolute atomic E-state index is 0.178. The van der Waals surface area contributed by atoms with Crippen molar-refractivity contribution >= 4 is 23.2 Å². The Bertz CT molecular complexity index is 712. The van der Waals surface area contributed by atoms with E-state index in [9.17, 15) is 4.79 Å². The van der Waals surface area contributed by atoms with E-state index in [1.54, 1.807) is 19.2 Å². The number of nitrogens with one attached hydrogen (secondary N) is 2. The van der Waals surface area contributed by atoms with E-state index in [0.717, 1.165) is 29.8 Å². The Hall–Kier alpha value is -2.67.